The van der Waals surface area contributed by atoms with Crippen LogP contribution in [0.4, 0.5) is 5.69 Å². The average molecular weight is 759 g/mol. The first-order chi connectivity index (χ1) is 26.1. The first kappa shape index (κ1) is 42.1. The van der Waals surface area contributed by atoms with Gasteiger partial charge in [-0.15, -0.1) is 0 Å². The second kappa shape index (κ2) is 17.8. The van der Waals surface area contributed by atoms with Crippen molar-refractivity contribution in [1.29, 1.82) is 0 Å². The van der Waals surface area contributed by atoms with Crippen molar-refractivity contribution in [3.8, 4) is 28.4 Å². The summed E-state index contributed by atoms with van der Waals surface area (Å²) in [5.41, 5.74) is 8.21. The first-order valence-electron chi connectivity index (χ1n) is 20.3. The number of anilines is 1. The largest absolute Gasteiger partial charge is 0.496 e. The molecule has 55 heavy (non-hydrogen) atoms. The Morgan fingerprint density at radius 2 is 1.69 bits per heavy atom. The normalized spacial score (nSPS) is 22.4. The number of amides is 1. The number of methoxy groups -OCH3 is 2. The molecular formula is C44H66N6O5. The molecule has 2 aliphatic rings. The molecule has 2 bridgehead atoms. The molecule has 0 radical (unpaired) electrons. The Morgan fingerprint density at radius 3 is 2.33 bits per heavy atom. The maximum absolute atomic E-state index is 14.8. The van der Waals surface area contributed by atoms with E-state index >= 15 is 0 Å². The van der Waals surface area contributed by atoms with Crippen LogP contribution in [-0.2, 0) is 9.53 Å². The van der Waals surface area contributed by atoms with Crippen LogP contribution in [0.1, 0.15) is 109 Å². The summed E-state index contributed by atoms with van der Waals surface area (Å²) >= 11 is 0. The first-order valence-corrected chi connectivity index (χ1v) is 20.3. The van der Waals surface area contributed by atoms with Crippen LogP contribution in [0.2, 0.25) is 0 Å². The van der Waals surface area contributed by atoms with Gasteiger partial charge in [-0.1, -0.05) is 33.8 Å². The second-order valence-electron chi connectivity index (χ2n) is 17.4. The zero-order valence-corrected chi connectivity index (χ0v) is 35.0. The van der Waals surface area contributed by atoms with Gasteiger partial charge in [0, 0.05) is 12.2 Å². The summed E-state index contributed by atoms with van der Waals surface area (Å²) in [7, 11) is 5.37. The monoisotopic (exact) mass is 759 g/mol. The lowest BCUT2D eigenvalue weighted by atomic mass is 9.56. The van der Waals surface area contributed by atoms with Crippen LogP contribution in [0, 0.1) is 23.7 Å². The van der Waals surface area contributed by atoms with Crippen LogP contribution >= 0.6 is 0 Å². The van der Waals surface area contributed by atoms with Crippen molar-refractivity contribution >= 4 is 17.6 Å². The highest BCUT2D eigenvalue weighted by Crippen LogP contribution is 2.51. The molecule has 0 saturated heterocycles. The zero-order chi connectivity index (χ0) is 40.1. The molecule has 2 aromatic carbocycles. The minimum absolute atomic E-state index is 0.0430. The van der Waals surface area contributed by atoms with E-state index < -0.39 is 17.0 Å². The summed E-state index contributed by atoms with van der Waals surface area (Å²) in [6.45, 7) is 17.8. The number of nitrogens with one attached hydrogen (secondary N) is 2. The van der Waals surface area contributed by atoms with E-state index in [9.17, 15) is 9.59 Å². The molecule has 1 aromatic heterocycles. The Balaban J connectivity index is 1.57. The van der Waals surface area contributed by atoms with E-state index in [1.807, 2.05) is 43.7 Å². The smallest absolute Gasteiger partial charge is 0.332 e. The number of esters is 1. The lowest BCUT2D eigenvalue weighted by Crippen LogP contribution is -2.67. The molecule has 2 fully saturated rings. The minimum Gasteiger partial charge on any atom is -0.496 e. The van der Waals surface area contributed by atoms with E-state index in [-0.39, 0.29) is 29.4 Å². The van der Waals surface area contributed by atoms with E-state index in [4.69, 9.17) is 25.0 Å². The van der Waals surface area contributed by atoms with Gasteiger partial charge in [-0.2, -0.15) is 5.10 Å². The summed E-state index contributed by atoms with van der Waals surface area (Å²) in [5, 5.41) is 12.0. The van der Waals surface area contributed by atoms with Crippen LogP contribution in [0.25, 0.3) is 16.9 Å². The zero-order valence-electron chi connectivity index (χ0n) is 35.0. The predicted octanol–water partition coefficient (Wildman–Crippen LogP) is 7.67. The average Bonchev–Trinajstić information content (AvgIpc) is 3.57. The second-order valence-corrected chi connectivity index (χ2v) is 17.4. The third-order valence-corrected chi connectivity index (χ3v) is 11.5. The van der Waals surface area contributed by atoms with Gasteiger partial charge >= 0.3 is 5.97 Å². The molecule has 4 N–H and O–H groups in total. The number of aromatic nitrogens is 2. The fourth-order valence-corrected chi connectivity index (χ4v) is 8.99. The highest BCUT2D eigenvalue weighted by Gasteiger charge is 2.58. The van der Waals surface area contributed by atoms with Crippen molar-refractivity contribution in [2.45, 2.75) is 104 Å². The summed E-state index contributed by atoms with van der Waals surface area (Å²) < 4.78 is 19.7. The molecule has 3 aromatic rings. The minimum atomic E-state index is -1.18. The van der Waals surface area contributed by atoms with Crippen molar-refractivity contribution in [3.63, 3.8) is 0 Å². The number of nitrogens with zero attached hydrogens (tertiary/aromatic N) is 3. The topological polar surface area (TPSA) is 133 Å². The summed E-state index contributed by atoms with van der Waals surface area (Å²) in [6.07, 6.45) is 5.72. The quantitative estimate of drug-likeness (QED) is 0.0995. The van der Waals surface area contributed by atoms with E-state index in [0.717, 1.165) is 75.1 Å². The Labute approximate surface area is 329 Å². The Kier molecular flexibility index (Phi) is 13.6. The maximum atomic E-state index is 14.8. The van der Waals surface area contributed by atoms with Crippen molar-refractivity contribution in [2.75, 3.05) is 52.8 Å². The van der Waals surface area contributed by atoms with Crippen LogP contribution in [-0.4, -0.2) is 85.1 Å². The van der Waals surface area contributed by atoms with Crippen molar-refractivity contribution in [2.24, 2.45) is 29.4 Å². The summed E-state index contributed by atoms with van der Waals surface area (Å²) in [5.74, 6) is 1.34. The molecule has 0 spiro atoms. The number of benzene rings is 2. The van der Waals surface area contributed by atoms with Crippen LogP contribution in [0.3, 0.4) is 0 Å². The molecular weight excluding hydrogens is 693 g/mol. The standard InChI is InChI=1S/C44H66N6O5/c1-28(2)34-26-33(46-19-13-21-49(8)20-12-18-45)16-17-36(34)50-37(40-38(53-9)14-11-15-39(40)54-10)27-35(48-50)41(51)47-44(42(52)55-43(5,6)7)30(4)24-31-22-29(3)23-32(44)25-31/h11,14-17,26-32,46H,12-13,18-25,45H2,1-10H3,(H,47,51). The SMILES string of the molecule is COc1cccc(OC)c1-c1cc(C(=O)NC2(C(=O)OC(C)(C)C)C(C)CC3CC(C)CC2C3)nn1-c1ccc(NCCCN(C)CCCN)cc1C(C)C. The number of hydrogen-bond acceptors (Lipinski definition) is 9. The molecule has 2 saturated carbocycles. The van der Waals surface area contributed by atoms with E-state index in [0.29, 0.717) is 41.1 Å². The third kappa shape index (κ3) is 9.48. The fourth-order valence-electron chi connectivity index (χ4n) is 8.99. The highest BCUT2D eigenvalue weighted by atomic mass is 16.6. The lowest BCUT2D eigenvalue weighted by molar-refractivity contribution is -0.173. The number of carbonyl (C=O) groups is 2. The van der Waals surface area contributed by atoms with Gasteiger partial charge in [0.2, 0.25) is 0 Å². The molecule has 0 aliphatic heterocycles. The van der Waals surface area contributed by atoms with Gasteiger partial charge in [-0.25, -0.2) is 9.48 Å². The van der Waals surface area contributed by atoms with Crippen molar-refractivity contribution in [1.82, 2.24) is 20.0 Å². The number of ether oxygens (including phenoxy) is 3. The fraction of sp³-hybridized carbons (Fsp3) is 0.614. The predicted molar refractivity (Wildman–Crippen MR) is 220 cm³/mol. The van der Waals surface area contributed by atoms with Gasteiger partial charge in [-0.05, 0) is 158 Å². The number of carbonyl (C=O) groups excluding carboxylic acids is 2. The number of nitrogens with two attached hydrogens (primary N) is 1. The molecule has 1 amide bonds. The summed E-state index contributed by atoms with van der Waals surface area (Å²) in [4.78, 5) is 31.5. The Hall–Kier alpha value is -4.09. The van der Waals surface area contributed by atoms with Gasteiger partial charge in [0.05, 0.1) is 31.2 Å². The van der Waals surface area contributed by atoms with Gasteiger partial charge in [0.25, 0.3) is 5.91 Å². The molecule has 2 aliphatic carbocycles. The van der Waals surface area contributed by atoms with Crippen LogP contribution in [0.5, 0.6) is 11.5 Å². The van der Waals surface area contributed by atoms with E-state index in [2.05, 4.69) is 68.5 Å². The van der Waals surface area contributed by atoms with Gasteiger partial charge in [-0.3, -0.25) is 4.79 Å². The molecule has 5 rings (SSSR count). The van der Waals surface area contributed by atoms with Crippen LogP contribution in [0.15, 0.2) is 42.5 Å². The number of fused-ring (bicyclic) bond motifs is 2. The van der Waals surface area contributed by atoms with Crippen LogP contribution < -0.4 is 25.8 Å². The van der Waals surface area contributed by atoms with Gasteiger partial charge in [0.15, 0.2) is 5.69 Å². The Bertz CT molecular complexity index is 1760. The maximum Gasteiger partial charge on any atom is 0.332 e. The van der Waals surface area contributed by atoms with Gasteiger partial charge < -0.3 is 35.5 Å². The molecule has 11 heteroatoms. The molecule has 1 heterocycles. The molecule has 302 valence electrons. The van der Waals surface area contributed by atoms with E-state index in [1.165, 1.54) is 0 Å². The molecule has 11 nitrogen and oxygen atoms in total. The Morgan fingerprint density at radius 1 is 1.00 bits per heavy atom. The van der Waals surface area contributed by atoms with Crippen molar-refractivity contribution < 1.29 is 23.8 Å². The highest BCUT2D eigenvalue weighted by molar-refractivity contribution is 5.98. The number of rotatable bonds is 16. The van der Waals surface area contributed by atoms with E-state index in [1.54, 1.807) is 20.3 Å². The molecule has 5 unspecified atom stereocenters. The lowest BCUT2D eigenvalue weighted by Gasteiger charge is -2.53. The van der Waals surface area contributed by atoms with Gasteiger partial charge in [0.1, 0.15) is 22.6 Å². The number of hydrogen-bond donors (Lipinski definition) is 3. The third-order valence-electron chi connectivity index (χ3n) is 11.5. The molecule has 5 atom stereocenters. The van der Waals surface area contributed by atoms with Crippen molar-refractivity contribution in [3.05, 3.63) is 53.7 Å². The summed E-state index contributed by atoms with van der Waals surface area (Å²) in [6, 6.07) is 13.7.